The number of hydrogen-bond donors (Lipinski definition) is 1. The Morgan fingerprint density at radius 1 is 1.09 bits per heavy atom. The molecule has 0 radical (unpaired) electrons. The first-order valence-corrected chi connectivity index (χ1v) is 7.93. The average Bonchev–Trinajstić information content (AvgIpc) is 2.50. The zero-order chi connectivity index (χ0) is 17.0. The minimum atomic E-state index is -0.212. The van der Waals surface area contributed by atoms with Gasteiger partial charge in [0.1, 0.15) is 17.3 Å². The van der Waals surface area contributed by atoms with Crippen LogP contribution in [0, 0.1) is 20.8 Å². The third-order valence-corrected chi connectivity index (χ3v) is 3.77. The van der Waals surface area contributed by atoms with Gasteiger partial charge in [-0.15, -0.1) is 0 Å². The van der Waals surface area contributed by atoms with Crippen molar-refractivity contribution in [2.75, 3.05) is 23.3 Å². The molecule has 0 aliphatic rings. The summed E-state index contributed by atoms with van der Waals surface area (Å²) in [6.45, 7) is 11.6. The number of carbonyl (C=O) groups excluding carboxylic acids is 1. The van der Waals surface area contributed by atoms with Crippen molar-refractivity contribution >= 4 is 17.4 Å². The number of benzene rings is 1. The van der Waals surface area contributed by atoms with E-state index in [9.17, 15) is 4.79 Å². The van der Waals surface area contributed by atoms with E-state index < -0.39 is 0 Å². The number of carbonyl (C=O) groups is 1. The van der Waals surface area contributed by atoms with E-state index in [4.69, 9.17) is 0 Å². The molecule has 2 rings (SSSR count). The number of aromatic nitrogens is 2. The summed E-state index contributed by atoms with van der Waals surface area (Å²) in [6.07, 6.45) is 0. The van der Waals surface area contributed by atoms with Crippen molar-refractivity contribution in [3.05, 3.63) is 46.9 Å². The summed E-state index contributed by atoms with van der Waals surface area (Å²) in [5.41, 5.74) is 3.40. The molecule has 0 aliphatic carbocycles. The van der Waals surface area contributed by atoms with E-state index in [1.54, 1.807) is 13.0 Å². The van der Waals surface area contributed by atoms with Gasteiger partial charge in [0, 0.05) is 24.8 Å². The van der Waals surface area contributed by atoms with Crippen LogP contribution in [0.25, 0.3) is 0 Å². The molecule has 0 aliphatic heterocycles. The fourth-order valence-electron chi connectivity index (χ4n) is 2.52. The first-order valence-electron chi connectivity index (χ1n) is 7.93. The molecule has 0 fully saturated rings. The normalized spacial score (nSPS) is 10.5. The van der Waals surface area contributed by atoms with Crippen LogP contribution in [0.4, 0.5) is 11.5 Å². The summed E-state index contributed by atoms with van der Waals surface area (Å²) in [7, 11) is 0. The van der Waals surface area contributed by atoms with Gasteiger partial charge in [-0.3, -0.25) is 4.79 Å². The van der Waals surface area contributed by atoms with Crippen molar-refractivity contribution in [1.82, 2.24) is 9.97 Å². The molecule has 5 heteroatoms. The minimum Gasteiger partial charge on any atom is -0.357 e. The Kier molecular flexibility index (Phi) is 5.32. The van der Waals surface area contributed by atoms with Crippen LogP contribution in [0.15, 0.2) is 24.3 Å². The summed E-state index contributed by atoms with van der Waals surface area (Å²) in [6, 6.07) is 7.69. The van der Waals surface area contributed by atoms with Crippen molar-refractivity contribution < 1.29 is 4.79 Å². The summed E-state index contributed by atoms with van der Waals surface area (Å²) in [4.78, 5) is 23.3. The Hall–Kier alpha value is -2.43. The zero-order valence-corrected chi connectivity index (χ0v) is 14.5. The van der Waals surface area contributed by atoms with Crippen LogP contribution in [-0.4, -0.2) is 29.0 Å². The lowest BCUT2D eigenvalue weighted by molar-refractivity contribution is 0.102. The molecule has 5 nitrogen and oxygen atoms in total. The molecule has 0 spiro atoms. The number of rotatable bonds is 5. The Morgan fingerprint density at radius 3 is 2.39 bits per heavy atom. The van der Waals surface area contributed by atoms with E-state index in [2.05, 4.69) is 34.0 Å². The fourth-order valence-corrected chi connectivity index (χ4v) is 2.52. The first kappa shape index (κ1) is 16.9. The minimum absolute atomic E-state index is 0.212. The second kappa shape index (κ2) is 7.22. The Balaban J connectivity index is 2.28. The van der Waals surface area contributed by atoms with E-state index in [0.717, 1.165) is 30.2 Å². The van der Waals surface area contributed by atoms with Crippen molar-refractivity contribution in [3.8, 4) is 0 Å². The standard InChI is InChI=1S/C18H24N4O/c1-6-22(7-2)17-11-16(19-14(5)20-17)18(23)21-15-9-8-12(3)10-13(15)4/h8-11H,6-7H2,1-5H3,(H,21,23). The van der Waals surface area contributed by atoms with E-state index in [0.29, 0.717) is 11.5 Å². The average molecular weight is 312 g/mol. The number of aryl methyl sites for hydroxylation is 3. The van der Waals surface area contributed by atoms with Crippen LogP contribution in [0.3, 0.4) is 0 Å². The summed E-state index contributed by atoms with van der Waals surface area (Å²) in [5.74, 6) is 1.17. The molecule has 0 saturated heterocycles. The van der Waals surface area contributed by atoms with E-state index in [1.165, 1.54) is 5.56 Å². The van der Waals surface area contributed by atoms with Gasteiger partial charge in [-0.25, -0.2) is 9.97 Å². The van der Waals surface area contributed by atoms with Gasteiger partial charge in [-0.05, 0) is 46.2 Å². The van der Waals surface area contributed by atoms with Gasteiger partial charge in [0.2, 0.25) is 0 Å². The highest BCUT2D eigenvalue weighted by molar-refractivity contribution is 6.03. The summed E-state index contributed by atoms with van der Waals surface area (Å²) in [5, 5.41) is 2.94. The monoisotopic (exact) mass is 312 g/mol. The predicted octanol–water partition coefficient (Wildman–Crippen LogP) is 3.50. The molecule has 122 valence electrons. The second-order valence-electron chi connectivity index (χ2n) is 5.60. The lowest BCUT2D eigenvalue weighted by Crippen LogP contribution is -2.25. The number of anilines is 2. The lowest BCUT2D eigenvalue weighted by atomic mass is 10.1. The van der Waals surface area contributed by atoms with Gasteiger partial charge in [0.05, 0.1) is 0 Å². The molecule has 0 saturated carbocycles. The van der Waals surface area contributed by atoms with Crippen LogP contribution in [0.1, 0.15) is 41.3 Å². The maximum atomic E-state index is 12.5. The SMILES string of the molecule is CCN(CC)c1cc(C(=O)Nc2ccc(C)cc2C)nc(C)n1. The molecule has 23 heavy (non-hydrogen) atoms. The number of amides is 1. The fraction of sp³-hybridized carbons (Fsp3) is 0.389. The largest absolute Gasteiger partial charge is 0.357 e. The Labute approximate surface area is 137 Å². The smallest absolute Gasteiger partial charge is 0.274 e. The highest BCUT2D eigenvalue weighted by Crippen LogP contribution is 2.18. The second-order valence-corrected chi connectivity index (χ2v) is 5.60. The van der Waals surface area contributed by atoms with Gasteiger partial charge in [-0.2, -0.15) is 0 Å². The van der Waals surface area contributed by atoms with Crippen LogP contribution < -0.4 is 10.2 Å². The van der Waals surface area contributed by atoms with Gasteiger partial charge < -0.3 is 10.2 Å². The molecule has 0 unspecified atom stereocenters. The van der Waals surface area contributed by atoms with Crippen LogP contribution in [-0.2, 0) is 0 Å². The van der Waals surface area contributed by atoms with Crippen LogP contribution >= 0.6 is 0 Å². The Bertz CT molecular complexity index is 708. The zero-order valence-electron chi connectivity index (χ0n) is 14.5. The number of nitrogens with one attached hydrogen (secondary N) is 1. The van der Waals surface area contributed by atoms with E-state index in [1.807, 2.05) is 32.0 Å². The third-order valence-electron chi connectivity index (χ3n) is 3.77. The predicted molar refractivity (Wildman–Crippen MR) is 94.2 cm³/mol. The molecule has 2 aromatic rings. The molecule has 1 amide bonds. The van der Waals surface area contributed by atoms with Crippen molar-refractivity contribution in [1.29, 1.82) is 0 Å². The topological polar surface area (TPSA) is 58.1 Å². The molecule has 1 heterocycles. The van der Waals surface area contributed by atoms with E-state index in [-0.39, 0.29) is 5.91 Å². The van der Waals surface area contributed by atoms with Crippen molar-refractivity contribution in [3.63, 3.8) is 0 Å². The van der Waals surface area contributed by atoms with Gasteiger partial charge in [-0.1, -0.05) is 17.7 Å². The first-order chi connectivity index (χ1) is 10.9. The summed E-state index contributed by atoms with van der Waals surface area (Å²) >= 11 is 0. The molecule has 1 aromatic carbocycles. The van der Waals surface area contributed by atoms with Crippen LogP contribution in [0.5, 0.6) is 0 Å². The van der Waals surface area contributed by atoms with Gasteiger partial charge in [0.25, 0.3) is 5.91 Å². The molecular weight excluding hydrogens is 288 g/mol. The highest BCUT2D eigenvalue weighted by Gasteiger charge is 2.14. The van der Waals surface area contributed by atoms with Gasteiger partial charge >= 0.3 is 0 Å². The lowest BCUT2D eigenvalue weighted by Gasteiger charge is -2.20. The quantitative estimate of drug-likeness (QED) is 0.918. The maximum absolute atomic E-state index is 12.5. The molecule has 0 bridgehead atoms. The van der Waals surface area contributed by atoms with Crippen LogP contribution in [0.2, 0.25) is 0 Å². The number of hydrogen-bond acceptors (Lipinski definition) is 4. The molecular formula is C18H24N4O. The number of nitrogens with zero attached hydrogens (tertiary/aromatic N) is 3. The maximum Gasteiger partial charge on any atom is 0.274 e. The third kappa shape index (κ3) is 4.06. The summed E-state index contributed by atoms with van der Waals surface area (Å²) < 4.78 is 0. The van der Waals surface area contributed by atoms with Crippen molar-refractivity contribution in [2.24, 2.45) is 0 Å². The highest BCUT2D eigenvalue weighted by atomic mass is 16.1. The molecule has 1 N–H and O–H groups in total. The Morgan fingerprint density at radius 2 is 1.78 bits per heavy atom. The van der Waals surface area contributed by atoms with Crippen molar-refractivity contribution in [2.45, 2.75) is 34.6 Å². The molecule has 1 aromatic heterocycles. The molecule has 0 atom stereocenters. The van der Waals surface area contributed by atoms with E-state index >= 15 is 0 Å². The van der Waals surface area contributed by atoms with Gasteiger partial charge in [0.15, 0.2) is 0 Å².